The standard InChI is InChI=1S/C17H18ClNO2.ClH/c1-10-2-4-11(5-3-10)14-12-6-8-19-9-7-13(12)15(18)17(21)16(14)20;/h2-5,19-21H,6-9H2,1H3;1H. The molecule has 118 valence electrons. The number of aryl methyl sites for hydroxylation is 1. The first-order chi connectivity index (χ1) is 10.1. The topological polar surface area (TPSA) is 52.5 Å². The van der Waals surface area contributed by atoms with Crippen LogP contribution in [-0.4, -0.2) is 23.3 Å². The van der Waals surface area contributed by atoms with Gasteiger partial charge in [-0.1, -0.05) is 41.4 Å². The number of hydrogen-bond donors (Lipinski definition) is 3. The largest absolute Gasteiger partial charge is 0.504 e. The van der Waals surface area contributed by atoms with E-state index in [1.165, 1.54) is 0 Å². The van der Waals surface area contributed by atoms with Crippen molar-refractivity contribution in [2.24, 2.45) is 0 Å². The Morgan fingerprint density at radius 1 is 0.955 bits per heavy atom. The van der Waals surface area contributed by atoms with Gasteiger partial charge >= 0.3 is 0 Å². The highest BCUT2D eigenvalue weighted by Gasteiger charge is 2.24. The van der Waals surface area contributed by atoms with Crippen LogP contribution < -0.4 is 5.32 Å². The molecule has 0 saturated heterocycles. The molecule has 0 aromatic heterocycles. The summed E-state index contributed by atoms with van der Waals surface area (Å²) in [6.45, 7) is 3.68. The molecule has 22 heavy (non-hydrogen) atoms. The second-order valence-corrected chi connectivity index (χ2v) is 5.84. The minimum atomic E-state index is -0.215. The fraction of sp³-hybridized carbons (Fsp3) is 0.294. The Morgan fingerprint density at radius 2 is 1.55 bits per heavy atom. The predicted molar refractivity (Wildman–Crippen MR) is 92.5 cm³/mol. The third kappa shape index (κ3) is 2.89. The Morgan fingerprint density at radius 3 is 2.18 bits per heavy atom. The van der Waals surface area contributed by atoms with Crippen LogP contribution in [0.5, 0.6) is 11.5 Å². The lowest BCUT2D eigenvalue weighted by molar-refractivity contribution is 0.404. The number of phenolic OH excluding ortho intramolecular Hbond substituents is 2. The Labute approximate surface area is 141 Å². The first-order valence-corrected chi connectivity index (χ1v) is 7.50. The molecule has 5 heteroatoms. The van der Waals surface area contributed by atoms with E-state index in [-0.39, 0.29) is 28.9 Å². The average molecular weight is 340 g/mol. The molecule has 0 amide bonds. The number of hydrogen-bond acceptors (Lipinski definition) is 3. The zero-order chi connectivity index (χ0) is 15.0. The van der Waals surface area contributed by atoms with Crippen molar-refractivity contribution in [2.45, 2.75) is 19.8 Å². The highest BCUT2D eigenvalue weighted by atomic mass is 35.5. The van der Waals surface area contributed by atoms with Gasteiger partial charge in [0, 0.05) is 5.56 Å². The first-order valence-electron chi connectivity index (χ1n) is 7.12. The fourth-order valence-corrected chi connectivity index (χ4v) is 3.21. The maximum absolute atomic E-state index is 10.4. The van der Waals surface area contributed by atoms with Gasteiger partial charge in [0.15, 0.2) is 11.5 Å². The summed E-state index contributed by atoms with van der Waals surface area (Å²) in [4.78, 5) is 0. The summed E-state index contributed by atoms with van der Waals surface area (Å²) in [6.07, 6.45) is 1.53. The van der Waals surface area contributed by atoms with Gasteiger partial charge in [-0.2, -0.15) is 0 Å². The molecule has 0 fully saturated rings. The minimum Gasteiger partial charge on any atom is -0.504 e. The molecule has 0 unspecified atom stereocenters. The van der Waals surface area contributed by atoms with E-state index in [1.807, 2.05) is 31.2 Å². The van der Waals surface area contributed by atoms with Crippen molar-refractivity contribution < 1.29 is 10.2 Å². The molecule has 0 aliphatic carbocycles. The van der Waals surface area contributed by atoms with Crippen molar-refractivity contribution in [3.8, 4) is 22.6 Å². The third-order valence-electron chi connectivity index (χ3n) is 4.04. The molecule has 0 radical (unpaired) electrons. The number of nitrogens with one attached hydrogen (secondary N) is 1. The van der Waals surface area contributed by atoms with E-state index in [0.29, 0.717) is 5.56 Å². The van der Waals surface area contributed by atoms with E-state index >= 15 is 0 Å². The van der Waals surface area contributed by atoms with Gasteiger partial charge < -0.3 is 15.5 Å². The number of rotatable bonds is 1. The lowest BCUT2D eigenvalue weighted by Gasteiger charge is -2.18. The van der Waals surface area contributed by atoms with Gasteiger partial charge in [0.2, 0.25) is 0 Å². The molecule has 0 spiro atoms. The summed E-state index contributed by atoms with van der Waals surface area (Å²) >= 11 is 6.24. The molecule has 3 N–H and O–H groups in total. The quantitative estimate of drug-likeness (QED) is 0.692. The van der Waals surface area contributed by atoms with Crippen molar-refractivity contribution in [3.05, 3.63) is 46.0 Å². The predicted octanol–water partition coefficient (Wildman–Crippen LogP) is 3.84. The molecule has 1 aliphatic rings. The van der Waals surface area contributed by atoms with Crippen LogP contribution in [-0.2, 0) is 12.8 Å². The molecule has 3 nitrogen and oxygen atoms in total. The molecule has 1 aliphatic heterocycles. The zero-order valence-corrected chi connectivity index (χ0v) is 13.9. The van der Waals surface area contributed by atoms with Gasteiger partial charge in [0.05, 0.1) is 5.02 Å². The van der Waals surface area contributed by atoms with Crippen molar-refractivity contribution in [1.29, 1.82) is 0 Å². The van der Waals surface area contributed by atoms with Gasteiger partial charge in [-0.05, 0) is 49.5 Å². The van der Waals surface area contributed by atoms with Gasteiger partial charge in [-0.3, -0.25) is 0 Å². The summed E-state index contributed by atoms with van der Waals surface area (Å²) in [5.74, 6) is -0.336. The van der Waals surface area contributed by atoms with Crippen molar-refractivity contribution in [3.63, 3.8) is 0 Å². The lowest BCUT2D eigenvalue weighted by atomic mass is 9.90. The van der Waals surface area contributed by atoms with E-state index in [2.05, 4.69) is 5.32 Å². The highest BCUT2D eigenvalue weighted by Crippen LogP contribution is 2.47. The summed E-state index contributed by atoms with van der Waals surface area (Å²) in [5.41, 5.74) is 4.74. The van der Waals surface area contributed by atoms with Crippen LogP contribution in [0.15, 0.2) is 24.3 Å². The third-order valence-corrected chi connectivity index (χ3v) is 4.45. The van der Waals surface area contributed by atoms with Crippen molar-refractivity contribution in [2.75, 3.05) is 13.1 Å². The second kappa shape index (κ2) is 6.78. The lowest BCUT2D eigenvalue weighted by Crippen LogP contribution is -2.16. The second-order valence-electron chi connectivity index (χ2n) is 5.46. The molecular formula is C17H19Cl2NO2. The van der Waals surface area contributed by atoms with Crippen LogP contribution >= 0.6 is 24.0 Å². The van der Waals surface area contributed by atoms with Crippen LogP contribution in [0.1, 0.15) is 16.7 Å². The van der Waals surface area contributed by atoms with E-state index in [1.54, 1.807) is 0 Å². The average Bonchev–Trinajstić information content (AvgIpc) is 2.73. The monoisotopic (exact) mass is 339 g/mol. The Hall–Kier alpha value is -1.42. The number of aromatic hydroxyl groups is 2. The molecule has 0 bridgehead atoms. The molecular weight excluding hydrogens is 321 g/mol. The van der Waals surface area contributed by atoms with E-state index in [0.717, 1.165) is 48.2 Å². The molecule has 0 saturated carbocycles. The Kier molecular flexibility index (Phi) is 5.22. The molecule has 0 atom stereocenters. The maximum Gasteiger partial charge on any atom is 0.177 e. The summed E-state index contributed by atoms with van der Waals surface area (Å²) in [6, 6.07) is 7.94. The maximum atomic E-state index is 10.4. The Balaban J connectivity index is 0.00000176. The summed E-state index contributed by atoms with van der Waals surface area (Å²) in [5, 5.41) is 24.1. The molecule has 3 rings (SSSR count). The van der Waals surface area contributed by atoms with Crippen LogP contribution in [0, 0.1) is 6.92 Å². The summed E-state index contributed by atoms with van der Waals surface area (Å²) < 4.78 is 0. The molecule has 1 heterocycles. The Bertz CT molecular complexity index is 684. The number of benzene rings is 2. The van der Waals surface area contributed by atoms with E-state index in [9.17, 15) is 10.2 Å². The van der Waals surface area contributed by atoms with Gasteiger partial charge in [-0.25, -0.2) is 0 Å². The van der Waals surface area contributed by atoms with Gasteiger partial charge in [-0.15, -0.1) is 12.4 Å². The van der Waals surface area contributed by atoms with Crippen LogP contribution in [0.4, 0.5) is 0 Å². The smallest absolute Gasteiger partial charge is 0.177 e. The van der Waals surface area contributed by atoms with E-state index < -0.39 is 0 Å². The number of phenols is 2. The molecule has 2 aromatic carbocycles. The number of fused-ring (bicyclic) bond motifs is 1. The van der Waals surface area contributed by atoms with Gasteiger partial charge in [0.25, 0.3) is 0 Å². The first kappa shape index (κ1) is 16.9. The van der Waals surface area contributed by atoms with Crippen LogP contribution in [0.25, 0.3) is 11.1 Å². The van der Waals surface area contributed by atoms with Crippen molar-refractivity contribution >= 4 is 24.0 Å². The van der Waals surface area contributed by atoms with Crippen molar-refractivity contribution in [1.82, 2.24) is 5.32 Å². The van der Waals surface area contributed by atoms with Crippen LogP contribution in [0.3, 0.4) is 0 Å². The van der Waals surface area contributed by atoms with E-state index in [4.69, 9.17) is 11.6 Å². The zero-order valence-electron chi connectivity index (χ0n) is 12.3. The minimum absolute atomic E-state index is 0. The van der Waals surface area contributed by atoms with Gasteiger partial charge in [0.1, 0.15) is 0 Å². The SMILES string of the molecule is Cc1ccc(-c2c(O)c(O)c(Cl)c3c2CCNCC3)cc1.Cl. The highest BCUT2D eigenvalue weighted by molar-refractivity contribution is 6.33. The number of halogens is 2. The fourth-order valence-electron chi connectivity index (χ4n) is 2.91. The summed E-state index contributed by atoms with van der Waals surface area (Å²) in [7, 11) is 0. The molecule has 2 aromatic rings. The normalized spacial score (nSPS) is 13.9. The van der Waals surface area contributed by atoms with Crippen LogP contribution in [0.2, 0.25) is 5.02 Å².